The normalized spacial score (nSPS) is 15.5. The summed E-state index contributed by atoms with van der Waals surface area (Å²) < 4.78 is 20.7. The zero-order valence-electron chi connectivity index (χ0n) is 30.3. The van der Waals surface area contributed by atoms with Gasteiger partial charge in [0, 0.05) is 77.0 Å². The minimum Gasteiger partial charge on any atom is -0.423 e. The molecule has 282 valence electrons. The first-order valence-corrected chi connectivity index (χ1v) is 18.4. The zero-order chi connectivity index (χ0) is 40.6. The maximum Gasteiger partial charge on any atom is 0.346 e. The van der Waals surface area contributed by atoms with Crippen LogP contribution in [0.3, 0.4) is 0 Å². The second-order valence-electron chi connectivity index (χ2n) is 15.0. The van der Waals surface area contributed by atoms with Crippen LogP contribution in [0.5, 0.6) is 0 Å². The van der Waals surface area contributed by atoms with E-state index in [1.54, 1.807) is 54.6 Å². The van der Waals surface area contributed by atoms with Crippen molar-refractivity contribution in [2.45, 2.75) is 0 Å². The van der Waals surface area contributed by atoms with Gasteiger partial charge < -0.3 is 28.9 Å². The molecular formula is C46H18N4O10. The van der Waals surface area contributed by atoms with Gasteiger partial charge in [0.05, 0.1) is 56.2 Å². The highest BCUT2D eigenvalue weighted by atomic mass is 16.6. The predicted molar refractivity (Wildman–Crippen MR) is 213 cm³/mol. The Kier molecular flexibility index (Phi) is 5.70. The van der Waals surface area contributed by atoms with Crippen molar-refractivity contribution in [1.29, 1.82) is 0 Å². The largest absolute Gasteiger partial charge is 0.423 e. The van der Waals surface area contributed by atoms with Gasteiger partial charge in [0.2, 0.25) is 0 Å². The molecule has 3 aromatic heterocycles. The molecule has 6 aliphatic heterocycles. The standard InChI is InChI=1S/C46H18N4O10/c1-15-17-3-19-21(5-27(17)41(51)57-15)35-12-37-23-7-29-31(45(55)59-43(29)53)9-25(23)39(49-37)14-40-26-10-32-30(44(54)60-46(32)56)8-24(26)38(50-40)13-36-22-6-28-18(16(2)58-42(28)52)4-20(22)34(48-36)11-33(19)47-35/h3-14,47,50H,1-2H2. The summed E-state index contributed by atoms with van der Waals surface area (Å²) in [5.74, 6) is -3.82. The number of carbonyl (C=O) groups is 6. The molecule has 0 amide bonds. The molecule has 9 heterocycles. The van der Waals surface area contributed by atoms with Crippen LogP contribution in [0.15, 0.2) is 86.0 Å². The number of esters is 6. The summed E-state index contributed by atoms with van der Waals surface area (Å²) in [6.07, 6.45) is 0. The number of aromatic amines is 2. The van der Waals surface area contributed by atoms with Crippen LogP contribution in [-0.4, -0.2) is 55.8 Å². The van der Waals surface area contributed by atoms with Crippen LogP contribution in [-0.2, 0) is 18.9 Å². The summed E-state index contributed by atoms with van der Waals surface area (Å²) in [6.45, 7) is 7.88. The van der Waals surface area contributed by atoms with Gasteiger partial charge in [-0.1, -0.05) is 13.2 Å². The van der Waals surface area contributed by atoms with Gasteiger partial charge in [-0.25, -0.2) is 38.7 Å². The van der Waals surface area contributed by atoms with E-state index < -0.39 is 35.8 Å². The summed E-state index contributed by atoms with van der Waals surface area (Å²) >= 11 is 0. The number of cyclic esters (lactones) is 6. The number of hydrogen-bond donors (Lipinski definition) is 2. The van der Waals surface area contributed by atoms with E-state index in [-0.39, 0.29) is 33.8 Å². The Morgan fingerprint density at radius 3 is 0.933 bits per heavy atom. The molecule has 0 saturated heterocycles. The first-order valence-electron chi connectivity index (χ1n) is 18.4. The molecule has 0 atom stereocenters. The Hall–Kier alpha value is -8.78. The molecule has 4 aromatic carbocycles. The highest BCUT2D eigenvalue weighted by Crippen LogP contribution is 2.45. The van der Waals surface area contributed by atoms with Crippen LogP contribution in [0, 0.1) is 0 Å². The van der Waals surface area contributed by atoms with Crippen LogP contribution in [0.4, 0.5) is 0 Å². The molecule has 14 heteroatoms. The van der Waals surface area contributed by atoms with Crippen LogP contribution in [0.2, 0.25) is 0 Å². The van der Waals surface area contributed by atoms with Crippen molar-refractivity contribution in [3.05, 3.63) is 130 Å². The van der Waals surface area contributed by atoms with Crippen molar-refractivity contribution in [3.8, 4) is 45.0 Å². The minimum absolute atomic E-state index is 0.0802. The maximum absolute atomic E-state index is 13.0. The fraction of sp³-hybridized carbons (Fsp3) is 0. The average Bonchev–Trinajstić information content (AvgIpc) is 4.10. The van der Waals surface area contributed by atoms with Crippen molar-refractivity contribution >= 4 is 90.9 Å². The van der Waals surface area contributed by atoms with E-state index in [1.165, 1.54) is 0 Å². The molecule has 13 rings (SSSR count). The Morgan fingerprint density at radius 1 is 0.317 bits per heavy atom. The first kappa shape index (κ1) is 32.3. The minimum atomic E-state index is -0.788. The number of nitrogens with one attached hydrogen (secondary N) is 2. The lowest BCUT2D eigenvalue weighted by molar-refractivity contribution is 0.0425. The molecule has 0 fully saturated rings. The third-order valence-electron chi connectivity index (χ3n) is 11.8. The van der Waals surface area contributed by atoms with E-state index in [9.17, 15) is 28.8 Å². The summed E-state index contributed by atoms with van der Waals surface area (Å²) in [5.41, 5.74) is 8.24. The topological polar surface area (TPSA) is 197 Å². The van der Waals surface area contributed by atoms with E-state index in [0.29, 0.717) is 111 Å². The smallest absolute Gasteiger partial charge is 0.346 e. The summed E-state index contributed by atoms with van der Waals surface area (Å²) in [6, 6.07) is 20.5. The molecule has 14 nitrogen and oxygen atoms in total. The van der Waals surface area contributed by atoms with Crippen molar-refractivity contribution in [3.63, 3.8) is 0 Å². The number of fused-ring (bicyclic) bond motifs is 24. The Balaban J connectivity index is 1.22. The number of rotatable bonds is 0. The second kappa shape index (κ2) is 10.6. The number of nitrogens with zero attached hydrogens (tertiary/aromatic N) is 2. The number of hydrogen-bond acceptors (Lipinski definition) is 12. The van der Waals surface area contributed by atoms with Crippen LogP contribution >= 0.6 is 0 Å². The maximum atomic E-state index is 13.0. The lowest BCUT2D eigenvalue weighted by Crippen LogP contribution is -1.96. The highest BCUT2D eigenvalue weighted by molar-refractivity contribution is 6.21. The van der Waals surface area contributed by atoms with E-state index in [1.807, 2.05) is 18.2 Å². The molecule has 7 aromatic rings. The third-order valence-corrected chi connectivity index (χ3v) is 11.8. The predicted octanol–water partition coefficient (Wildman–Crippen LogP) is 8.19. The van der Waals surface area contributed by atoms with Crippen molar-refractivity contribution in [1.82, 2.24) is 19.9 Å². The second-order valence-corrected chi connectivity index (χ2v) is 15.0. The number of benzene rings is 4. The van der Waals surface area contributed by atoms with E-state index in [0.717, 1.165) is 0 Å². The molecule has 0 saturated carbocycles. The number of carbonyl (C=O) groups excluding carboxylic acids is 6. The Labute approximate surface area is 333 Å². The SMILES string of the molecule is C=C1OC(=O)c2cc3c(cc21)-c1cc2[nH]c(cc4nc(cc5[nH]c(cc-3n1)c1cc3c(cc51)C(=O)OC3=O)-c1cc3c(cc1-4)C(=O)OC3=O)c1cc3c(cc21)C(=C)OC3=O. The van der Waals surface area contributed by atoms with Crippen LogP contribution in [0.25, 0.3) is 100 Å². The first-order chi connectivity index (χ1) is 28.9. The van der Waals surface area contributed by atoms with Crippen molar-refractivity contribution in [2.75, 3.05) is 0 Å². The average molecular weight is 787 g/mol. The quantitative estimate of drug-likeness (QED) is 0.0851. The Morgan fingerprint density at radius 2 is 0.567 bits per heavy atom. The number of aromatic nitrogens is 4. The molecule has 6 aliphatic rings. The molecular weight excluding hydrogens is 769 g/mol. The lowest BCUT2D eigenvalue weighted by Gasteiger charge is -2.03. The fourth-order valence-electron chi connectivity index (χ4n) is 8.95. The summed E-state index contributed by atoms with van der Waals surface area (Å²) in [5, 5.41) is 2.43. The molecule has 0 unspecified atom stereocenters. The molecule has 0 aliphatic carbocycles. The van der Waals surface area contributed by atoms with Gasteiger partial charge in [0.1, 0.15) is 11.5 Å². The molecule has 60 heavy (non-hydrogen) atoms. The number of H-pyrrole nitrogens is 2. The van der Waals surface area contributed by atoms with E-state index >= 15 is 0 Å². The van der Waals surface area contributed by atoms with Gasteiger partial charge in [-0.3, -0.25) is 0 Å². The summed E-state index contributed by atoms with van der Waals surface area (Å²) in [4.78, 5) is 94.4. The Bertz CT molecular complexity index is 3250. The van der Waals surface area contributed by atoms with Gasteiger partial charge in [-0.15, -0.1) is 0 Å². The lowest BCUT2D eigenvalue weighted by atomic mass is 9.96. The molecule has 8 bridgehead atoms. The van der Waals surface area contributed by atoms with Gasteiger partial charge in [-0.05, 0) is 72.8 Å². The number of ether oxygens (including phenoxy) is 4. The molecule has 2 N–H and O–H groups in total. The van der Waals surface area contributed by atoms with Crippen LogP contribution in [0.1, 0.15) is 73.3 Å². The highest BCUT2D eigenvalue weighted by Gasteiger charge is 2.35. The zero-order valence-corrected chi connectivity index (χ0v) is 30.3. The van der Waals surface area contributed by atoms with Crippen LogP contribution < -0.4 is 0 Å². The molecule has 0 spiro atoms. The monoisotopic (exact) mass is 786 g/mol. The fourth-order valence-corrected chi connectivity index (χ4v) is 8.95. The van der Waals surface area contributed by atoms with E-state index in [2.05, 4.69) is 23.1 Å². The van der Waals surface area contributed by atoms with Crippen molar-refractivity contribution in [2.24, 2.45) is 0 Å². The van der Waals surface area contributed by atoms with E-state index in [4.69, 9.17) is 28.9 Å². The molecule has 0 radical (unpaired) electrons. The van der Waals surface area contributed by atoms with Gasteiger partial charge in [0.25, 0.3) is 0 Å². The van der Waals surface area contributed by atoms with Gasteiger partial charge in [-0.2, -0.15) is 0 Å². The van der Waals surface area contributed by atoms with Gasteiger partial charge >= 0.3 is 35.8 Å². The van der Waals surface area contributed by atoms with Crippen molar-refractivity contribution < 1.29 is 47.7 Å². The summed E-state index contributed by atoms with van der Waals surface area (Å²) in [7, 11) is 0. The van der Waals surface area contributed by atoms with Gasteiger partial charge in [0.15, 0.2) is 0 Å². The third kappa shape index (κ3) is 4.09.